The van der Waals surface area contributed by atoms with Crippen LogP contribution >= 0.6 is 0 Å². The maximum atomic E-state index is 13.2. The van der Waals surface area contributed by atoms with Crippen molar-refractivity contribution in [2.75, 3.05) is 27.2 Å². The highest BCUT2D eigenvalue weighted by atomic mass is 19.1. The van der Waals surface area contributed by atoms with Crippen molar-refractivity contribution in [3.8, 4) is 11.8 Å². The molecule has 0 aliphatic rings. The molecule has 19 heavy (non-hydrogen) atoms. The molecule has 0 aromatic heterocycles. The fourth-order valence-corrected chi connectivity index (χ4v) is 1.98. The number of halogens is 1. The topological polar surface area (TPSA) is 36.3 Å². The molecule has 0 aliphatic heterocycles. The van der Waals surface area contributed by atoms with Crippen LogP contribution in [-0.2, 0) is 6.42 Å². The SMILES string of the molecule is CCC(C#N)CN(C)CCc1cc(F)ccc1OC. The van der Waals surface area contributed by atoms with Crippen molar-refractivity contribution in [3.63, 3.8) is 0 Å². The van der Waals surface area contributed by atoms with Gasteiger partial charge in [0.05, 0.1) is 19.1 Å². The number of nitriles is 1. The van der Waals surface area contributed by atoms with Crippen LogP contribution in [0, 0.1) is 23.1 Å². The Morgan fingerprint density at radius 2 is 2.21 bits per heavy atom. The van der Waals surface area contributed by atoms with Gasteiger partial charge in [-0.05, 0) is 43.7 Å². The molecular formula is C15H21FN2O. The molecule has 1 aromatic rings. The summed E-state index contributed by atoms with van der Waals surface area (Å²) in [5.74, 6) is 0.517. The van der Waals surface area contributed by atoms with E-state index in [0.29, 0.717) is 12.2 Å². The predicted molar refractivity (Wildman–Crippen MR) is 73.5 cm³/mol. The van der Waals surface area contributed by atoms with Crippen molar-refractivity contribution in [3.05, 3.63) is 29.6 Å². The van der Waals surface area contributed by atoms with Crippen LogP contribution in [0.1, 0.15) is 18.9 Å². The molecule has 0 heterocycles. The lowest BCUT2D eigenvalue weighted by molar-refractivity contribution is 0.301. The standard InChI is InChI=1S/C15H21FN2O/c1-4-12(10-17)11-18(2)8-7-13-9-14(16)5-6-15(13)19-3/h5-6,9,12H,4,7-8,11H2,1-3H3. The molecule has 0 saturated carbocycles. The summed E-state index contributed by atoms with van der Waals surface area (Å²) in [4.78, 5) is 2.10. The van der Waals surface area contributed by atoms with Gasteiger partial charge in [0.25, 0.3) is 0 Å². The maximum Gasteiger partial charge on any atom is 0.123 e. The minimum absolute atomic E-state index is 0.0550. The lowest BCUT2D eigenvalue weighted by atomic mass is 10.1. The number of hydrogen-bond donors (Lipinski definition) is 0. The molecule has 1 unspecified atom stereocenters. The van der Waals surface area contributed by atoms with Gasteiger partial charge < -0.3 is 9.64 Å². The van der Waals surface area contributed by atoms with Crippen molar-refractivity contribution in [1.82, 2.24) is 4.90 Å². The smallest absolute Gasteiger partial charge is 0.123 e. The average molecular weight is 264 g/mol. The Kier molecular flexibility index (Phi) is 6.31. The molecule has 104 valence electrons. The Hall–Kier alpha value is -1.60. The summed E-state index contributed by atoms with van der Waals surface area (Å²) in [6.07, 6.45) is 1.56. The first-order valence-corrected chi connectivity index (χ1v) is 6.51. The van der Waals surface area contributed by atoms with E-state index >= 15 is 0 Å². The van der Waals surface area contributed by atoms with Gasteiger partial charge in [0.15, 0.2) is 0 Å². The van der Waals surface area contributed by atoms with Crippen LogP contribution in [0.4, 0.5) is 4.39 Å². The first kappa shape index (κ1) is 15.5. The molecule has 0 spiro atoms. The van der Waals surface area contributed by atoms with E-state index in [1.54, 1.807) is 13.2 Å². The molecule has 0 aliphatic carbocycles. The number of ether oxygens (including phenoxy) is 1. The molecular weight excluding hydrogens is 243 g/mol. The van der Waals surface area contributed by atoms with Gasteiger partial charge in [0.1, 0.15) is 11.6 Å². The van der Waals surface area contributed by atoms with Crippen LogP contribution in [0.5, 0.6) is 5.75 Å². The predicted octanol–water partition coefficient (Wildman–Crippen LogP) is 2.86. The lowest BCUT2D eigenvalue weighted by Crippen LogP contribution is -2.27. The van der Waals surface area contributed by atoms with Crippen LogP contribution in [0.15, 0.2) is 18.2 Å². The average Bonchev–Trinajstić information content (AvgIpc) is 2.42. The van der Waals surface area contributed by atoms with E-state index in [9.17, 15) is 4.39 Å². The molecule has 0 bridgehead atoms. The summed E-state index contributed by atoms with van der Waals surface area (Å²) in [5, 5.41) is 8.93. The van der Waals surface area contributed by atoms with E-state index in [-0.39, 0.29) is 11.7 Å². The van der Waals surface area contributed by atoms with Crippen LogP contribution in [0.2, 0.25) is 0 Å². The number of likely N-dealkylation sites (N-methyl/N-ethyl adjacent to an activating group) is 1. The molecule has 0 N–H and O–H groups in total. The monoisotopic (exact) mass is 264 g/mol. The summed E-state index contributed by atoms with van der Waals surface area (Å²) in [7, 11) is 3.56. The summed E-state index contributed by atoms with van der Waals surface area (Å²) >= 11 is 0. The number of hydrogen-bond acceptors (Lipinski definition) is 3. The van der Waals surface area contributed by atoms with Crippen molar-refractivity contribution < 1.29 is 9.13 Å². The molecule has 0 fully saturated rings. The van der Waals surface area contributed by atoms with Crippen molar-refractivity contribution in [1.29, 1.82) is 5.26 Å². The number of rotatable bonds is 7. The maximum absolute atomic E-state index is 13.2. The van der Waals surface area contributed by atoms with Gasteiger partial charge in [0.2, 0.25) is 0 Å². The Labute approximate surface area is 114 Å². The third-order valence-electron chi connectivity index (χ3n) is 3.21. The Balaban J connectivity index is 2.57. The van der Waals surface area contributed by atoms with E-state index in [0.717, 1.165) is 25.1 Å². The van der Waals surface area contributed by atoms with Crippen LogP contribution in [0.25, 0.3) is 0 Å². The Morgan fingerprint density at radius 1 is 1.47 bits per heavy atom. The highest BCUT2D eigenvalue weighted by Gasteiger charge is 2.10. The first-order valence-electron chi connectivity index (χ1n) is 6.51. The molecule has 3 nitrogen and oxygen atoms in total. The third-order valence-corrected chi connectivity index (χ3v) is 3.21. The molecule has 1 atom stereocenters. The van der Waals surface area contributed by atoms with Gasteiger partial charge in [-0.15, -0.1) is 0 Å². The van der Waals surface area contributed by atoms with Crippen LogP contribution in [-0.4, -0.2) is 32.1 Å². The quantitative estimate of drug-likeness (QED) is 0.759. The summed E-state index contributed by atoms with van der Waals surface area (Å²) < 4.78 is 18.4. The molecule has 0 radical (unpaired) electrons. The highest BCUT2D eigenvalue weighted by molar-refractivity contribution is 5.34. The largest absolute Gasteiger partial charge is 0.496 e. The Morgan fingerprint density at radius 3 is 2.79 bits per heavy atom. The number of methoxy groups -OCH3 is 1. The molecule has 0 amide bonds. The minimum atomic E-state index is -0.248. The first-order chi connectivity index (χ1) is 9.10. The second-order valence-corrected chi connectivity index (χ2v) is 4.70. The van der Waals surface area contributed by atoms with Gasteiger partial charge in [-0.3, -0.25) is 0 Å². The Bertz CT molecular complexity index is 442. The zero-order valence-corrected chi connectivity index (χ0v) is 11.8. The third kappa shape index (κ3) is 4.88. The molecule has 0 saturated heterocycles. The number of nitrogens with zero attached hydrogens (tertiary/aromatic N) is 2. The van der Waals surface area contributed by atoms with E-state index in [2.05, 4.69) is 11.0 Å². The van der Waals surface area contributed by atoms with E-state index in [4.69, 9.17) is 10.00 Å². The summed E-state index contributed by atoms with van der Waals surface area (Å²) in [6.45, 7) is 3.53. The van der Waals surface area contributed by atoms with Crippen molar-refractivity contribution in [2.45, 2.75) is 19.8 Å². The van der Waals surface area contributed by atoms with Gasteiger partial charge in [-0.2, -0.15) is 5.26 Å². The molecule has 1 rings (SSSR count). The second-order valence-electron chi connectivity index (χ2n) is 4.70. The highest BCUT2D eigenvalue weighted by Crippen LogP contribution is 2.20. The lowest BCUT2D eigenvalue weighted by Gasteiger charge is -2.19. The van der Waals surface area contributed by atoms with Crippen molar-refractivity contribution in [2.24, 2.45) is 5.92 Å². The van der Waals surface area contributed by atoms with Gasteiger partial charge in [-0.25, -0.2) is 4.39 Å². The second kappa shape index (κ2) is 7.75. The number of benzene rings is 1. The van der Waals surface area contributed by atoms with Gasteiger partial charge in [-0.1, -0.05) is 6.92 Å². The molecule has 4 heteroatoms. The normalized spacial score (nSPS) is 12.2. The molecule has 1 aromatic carbocycles. The zero-order chi connectivity index (χ0) is 14.3. The van der Waals surface area contributed by atoms with Crippen LogP contribution in [0.3, 0.4) is 0 Å². The van der Waals surface area contributed by atoms with Gasteiger partial charge >= 0.3 is 0 Å². The fraction of sp³-hybridized carbons (Fsp3) is 0.533. The van der Waals surface area contributed by atoms with Crippen LogP contribution < -0.4 is 4.74 Å². The minimum Gasteiger partial charge on any atom is -0.496 e. The van der Waals surface area contributed by atoms with Gasteiger partial charge in [0, 0.05) is 13.1 Å². The summed E-state index contributed by atoms with van der Waals surface area (Å²) in [5.41, 5.74) is 0.861. The van der Waals surface area contributed by atoms with Crippen molar-refractivity contribution >= 4 is 0 Å². The fourth-order valence-electron chi connectivity index (χ4n) is 1.98. The van der Waals surface area contributed by atoms with E-state index in [1.165, 1.54) is 12.1 Å². The zero-order valence-electron chi connectivity index (χ0n) is 11.8. The van der Waals surface area contributed by atoms with E-state index in [1.807, 2.05) is 14.0 Å². The van der Waals surface area contributed by atoms with E-state index < -0.39 is 0 Å². The summed E-state index contributed by atoms with van der Waals surface area (Å²) in [6, 6.07) is 6.84.